The zero-order valence-electron chi connectivity index (χ0n) is 22.0. The van der Waals surface area contributed by atoms with Crippen LogP contribution in [0.3, 0.4) is 0 Å². The van der Waals surface area contributed by atoms with Crippen molar-refractivity contribution in [3.63, 3.8) is 0 Å². The monoisotopic (exact) mass is 542 g/mol. The molecule has 0 bridgehead atoms. The maximum atomic E-state index is 14.0. The summed E-state index contributed by atoms with van der Waals surface area (Å²) in [6, 6.07) is 30.9. The summed E-state index contributed by atoms with van der Waals surface area (Å²) in [6.45, 7) is 0.573. The fourth-order valence-corrected chi connectivity index (χ4v) is 4.49. The molecule has 7 heteroatoms. The summed E-state index contributed by atoms with van der Waals surface area (Å²) in [5.41, 5.74) is 3.31. The number of halogens is 1. The Labute approximate surface area is 234 Å². The van der Waals surface area contributed by atoms with Crippen LogP contribution >= 0.6 is 11.6 Å². The number of methoxy groups -OCH3 is 2. The van der Waals surface area contributed by atoms with Gasteiger partial charge in [-0.2, -0.15) is 0 Å². The summed E-state index contributed by atoms with van der Waals surface area (Å²) in [5, 5.41) is 3.65. The third-order valence-electron chi connectivity index (χ3n) is 6.37. The van der Waals surface area contributed by atoms with Crippen molar-refractivity contribution in [1.29, 1.82) is 0 Å². The van der Waals surface area contributed by atoms with Gasteiger partial charge in [0.05, 0.1) is 20.6 Å². The second-order valence-corrected chi connectivity index (χ2v) is 9.47. The smallest absolute Gasteiger partial charge is 0.247 e. The van der Waals surface area contributed by atoms with Crippen molar-refractivity contribution in [2.75, 3.05) is 14.2 Å². The number of ether oxygens (including phenoxy) is 2. The number of rotatable bonds is 11. The Kier molecular flexibility index (Phi) is 9.59. The minimum atomic E-state index is -0.841. The number of hydrogen-bond acceptors (Lipinski definition) is 4. The van der Waals surface area contributed by atoms with E-state index < -0.39 is 6.04 Å². The molecule has 6 nitrogen and oxygen atoms in total. The third kappa shape index (κ3) is 7.39. The molecule has 0 aliphatic carbocycles. The Morgan fingerprint density at radius 3 is 2.03 bits per heavy atom. The Morgan fingerprint density at radius 1 is 0.769 bits per heavy atom. The lowest BCUT2D eigenvalue weighted by molar-refractivity contribution is -0.141. The fraction of sp³-hybridized carbons (Fsp3) is 0.188. The first-order chi connectivity index (χ1) is 19.0. The highest BCUT2D eigenvalue weighted by Gasteiger charge is 2.31. The van der Waals surface area contributed by atoms with E-state index in [4.69, 9.17) is 21.1 Å². The van der Waals surface area contributed by atoms with Gasteiger partial charge in [0.25, 0.3) is 0 Å². The van der Waals surface area contributed by atoms with Crippen molar-refractivity contribution in [2.24, 2.45) is 0 Å². The standard InChI is InChI=1S/C32H31ClN2O4/c1-38-28-18-15-25(19-29(28)39-2)20-30(36)35(22-24-9-5-3-6-10-24)31(26-11-7-4-8-12-26)32(37)34-21-23-13-16-27(33)17-14-23/h3-19,31H,20-22H2,1-2H3,(H,34,37). The molecular weight excluding hydrogens is 512 g/mol. The van der Waals surface area contributed by atoms with Gasteiger partial charge in [0.15, 0.2) is 11.5 Å². The topological polar surface area (TPSA) is 67.9 Å². The maximum Gasteiger partial charge on any atom is 0.247 e. The van der Waals surface area contributed by atoms with Crippen molar-refractivity contribution in [1.82, 2.24) is 10.2 Å². The minimum Gasteiger partial charge on any atom is -0.493 e. The molecule has 0 saturated carbocycles. The molecule has 0 spiro atoms. The highest BCUT2D eigenvalue weighted by atomic mass is 35.5. The number of carbonyl (C=O) groups is 2. The molecule has 0 heterocycles. The summed E-state index contributed by atoms with van der Waals surface area (Å²) < 4.78 is 10.8. The zero-order chi connectivity index (χ0) is 27.6. The van der Waals surface area contributed by atoms with Gasteiger partial charge >= 0.3 is 0 Å². The normalized spacial score (nSPS) is 11.4. The van der Waals surface area contributed by atoms with Gasteiger partial charge in [-0.25, -0.2) is 0 Å². The van der Waals surface area contributed by atoms with Gasteiger partial charge in [0.2, 0.25) is 11.8 Å². The second kappa shape index (κ2) is 13.5. The maximum absolute atomic E-state index is 14.0. The molecule has 0 aliphatic rings. The Hall–Kier alpha value is -4.29. The lowest BCUT2D eigenvalue weighted by atomic mass is 10.0. The molecule has 1 atom stereocenters. The Balaban J connectivity index is 1.66. The van der Waals surface area contributed by atoms with E-state index in [1.54, 1.807) is 43.4 Å². The quantitative estimate of drug-likeness (QED) is 0.253. The summed E-state index contributed by atoms with van der Waals surface area (Å²) >= 11 is 6.01. The third-order valence-corrected chi connectivity index (χ3v) is 6.63. The van der Waals surface area contributed by atoms with Crippen LogP contribution in [0.25, 0.3) is 0 Å². The van der Waals surface area contributed by atoms with E-state index in [0.29, 0.717) is 23.1 Å². The summed E-state index contributed by atoms with van der Waals surface area (Å²) in [5.74, 6) is 0.658. The lowest BCUT2D eigenvalue weighted by Crippen LogP contribution is -2.43. The molecule has 200 valence electrons. The summed E-state index contributed by atoms with van der Waals surface area (Å²) in [4.78, 5) is 29.4. The number of amides is 2. The van der Waals surface area contributed by atoms with E-state index in [2.05, 4.69) is 5.32 Å². The van der Waals surface area contributed by atoms with Crippen LogP contribution in [0.1, 0.15) is 28.3 Å². The first kappa shape index (κ1) is 27.7. The molecule has 0 aliphatic heterocycles. The molecule has 0 radical (unpaired) electrons. The summed E-state index contributed by atoms with van der Waals surface area (Å²) in [7, 11) is 3.12. The number of benzene rings is 4. The van der Waals surface area contributed by atoms with Gasteiger partial charge in [-0.05, 0) is 46.5 Å². The van der Waals surface area contributed by atoms with Crippen LogP contribution in [0.4, 0.5) is 0 Å². The predicted molar refractivity (Wildman–Crippen MR) is 153 cm³/mol. The predicted octanol–water partition coefficient (Wildman–Crippen LogP) is 5.99. The van der Waals surface area contributed by atoms with Gasteiger partial charge in [-0.3, -0.25) is 9.59 Å². The minimum absolute atomic E-state index is 0.0843. The number of nitrogens with one attached hydrogen (secondary N) is 1. The molecule has 0 saturated heterocycles. The number of hydrogen-bond donors (Lipinski definition) is 1. The van der Waals surface area contributed by atoms with Crippen molar-refractivity contribution in [2.45, 2.75) is 25.6 Å². The van der Waals surface area contributed by atoms with Crippen LogP contribution in [-0.2, 0) is 29.1 Å². The highest BCUT2D eigenvalue weighted by molar-refractivity contribution is 6.30. The fourth-order valence-electron chi connectivity index (χ4n) is 4.37. The van der Waals surface area contributed by atoms with Gasteiger partial charge in [-0.1, -0.05) is 90.5 Å². The van der Waals surface area contributed by atoms with E-state index in [1.165, 1.54) is 0 Å². The first-order valence-electron chi connectivity index (χ1n) is 12.6. The van der Waals surface area contributed by atoms with Crippen LogP contribution < -0.4 is 14.8 Å². The Bertz CT molecular complexity index is 1380. The molecule has 39 heavy (non-hydrogen) atoms. The largest absolute Gasteiger partial charge is 0.493 e. The average molecular weight is 543 g/mol. The van der Waals surface area contributed by atoms with Crippen LogP contribution in [0.5, 0.6) is 11.5 Å². The van der Waals surface area contributed by atoms with E-state index >= 15 is 0 Å². The molecule has 4 aromatic rings. The molecule has 0 aromatic heterocycles. The molecule has 0 fully saturated rings. The van der Waals surface area contributed by atoms with E-state index in [9.17, 15) is 9.59 Å². The van der Waals surface area contributed by atoms with Crippen LogP contribution in [-0.4, -0.2) is 30.9 Å². The van der Waals surface area contributed by atoms with Gasteiger partial charge in [-0.15, -0.1) is 0 Å². The molecule has 1 unspecified atom stereocenters. The zero-order valence-corrected chi connectivity index (χ0v) is 22.7. The second-order valence-electron chi connectivity index (χ2n) is 9.03. The first-order valence-corrected chi connectivity index (χ1v) is 13.0. The SMILES string of the molecule is COc1ccc(CC(=O)N(Cc2ccccc2)C(C(=O)NCc2ccc(Cl)cc2)c2ccccc2)cc1OC. The van der Waals surface area contributed by atoms with Crippen molar-refractivity contribution >= 4 is 23.4 Å². The van der Waals surface area contributed by atoms with Crippen LogP contribution in [0.15, 0.2) is 103 Å². The molecule has 1 N–H and O–H groups in total. The Morgan fingerprint density at radius 2 is 1.38 bits per heavy atom. The van der Waals surface area contributed by atoms with E-state index in [1.807, 2.05) is 78.9 Å². The highest BCUT2D eigenvalue weighted by Crippen LogP contribution is 2.29. The number of carbonyl (C=O) groups excluding carboxylic acids is 2. The van der Waals surface area contributed by atoms with Crippen LogP contribution in [0.2, 0.25) is 5.02 Å². The van der Waals surface area contributed by atoms with Gasteiger partial charge in [0, 0.05) is 18.1 Å². The molecular formula is C32H31ClN2O4. The molecule has 2 amide bonds. The van der Waals surface area contributed by atoms with Crippen LogP contribution in [0, 0.1) is 0 Å². The van der Waals surface area contributed by atoms with Crippen molar-refractivity contribution in [3.05, 3.63) is 130 Å². The number of nitrogens with zero attached hydrogens (tertiary/aromatic N) is 1. The molecule has 4 aromatic carbocycles. The van der Waals surface area contributed by atoms with E-state index in [-0.39, 0.29) is 24.8 Å². The lowest BCUT2D eigenvalue weighted by Gasteiger charge is -2.32. The van der Waals surface area contributed by atoms with E-state index in [0.717, 1.165) is 22.3 Å². The average Bonchev–Trinajstić information content (AvgIpc) is 2.97. The molecule has 4 rings (SSSR count). The van der Waals surface area contributed by atoms with Gasteiger partial charge < -0.3 is 19.7 Å². The summed E-state index contributed by atoms with van der Waals surface area (Å²) in [6.07, 6.45) is 0.0843. The van der Waals surface area contributed by atoms with Crippen molar-refractivity contribution < 1.29 is 19.1 Å². The van der Waals surface area contributed by atoms with Gasteiger partial charge in [0.1, 0.15) is 6.04 Å². The van der Waals surface area contributed by atoms with Crippen molar-refractivity contribution in [3.8, 4) is 11.5 Å².